The molecule has 0 aromatic rings. The molecule has 2 heterocycles. The van der Waals surface area contributed by atoms with Gasteiger partial charge in [-0.2, -0.15) is 0 Å². The maximum atomic E-state index is 5.61. The van der Waals surface area contributed by atoms with Crippen molar-refractivity contribution in [3.8, 4) is 0 Å². The van der Waals surface area contributed by atoms with E-state index in [4.69, 9.17) is 9.47 Å². The zero-order chi connectivity index (χ0) is 14.9. The van der Waals surface area contributed by atoms with Crippen LogP contribution in [0.3, 0.4) is 0 Å². The van der Waals surface area contributed by atoms with Gasteiger partial charge in [0.05, 0.1) is 19.3 Å². The normalized spacial score (nSPS) is 25.8. The Balaban J connectivity index is 1.60. The van der Waals surface area contributed by atoms with Crippen molar-refractivity contribution in [3.63, 3.8) is 0 Å². The van der Waals surface area contributed by atoms with Gasteiger partial charge in [0.15, 0.2) is 5.96 Å². The van der Waals surface area contributed by atoms with E-state index in [1.807, 2.05) is 7.05 Å². The van der Waals surface area contributed by atoms with E-state index in [1.165, 1.54) is 6.42 Å². The SMILES string of the molecule is CN=C(NCC(C)CN1CCOCC1)NCC1CCCO1. The van der Waals surface area contributed by atoms with E-state index < -0.39 is 0 Å². The number of rotatable bonds is 6. The maximum Gasteiger partial charge on any atom is 0.191 e. The molecule has 2 saturated heterocycles. The molecule has 2 N–H and O–H groups in total. The molecule has 2 unspecified atom stereocenters. The minimum Gasteiger partial charge on any atom is -0.379 e. The van der Waals surface area contributed by atoms with Gasteiger partial charge in [-0.05, 0) is 18.8 Å². The molecule has 21 heavy (non-hydrogen) atoms. The first-order valence-corrected chi connectivity index (χ1v) is 8.14. The third-order valence-corrected chi connectivity index (χ3v) is 4.04. The second-order valence-corrected chi connectivity index (χ2v) is 5.99. The molecule has 2 fully saturated rings. The molecule has 6 nitrogen and oxygen atoms in total. The summed E-state index contributed by atoms with van der Waals surface area (Å²) in [6.45, 7) is 9.89. The number of hydrogen-bond acceptors (Lipinski definition) is 4. The molecular weight excluding hydrogens is 268 g/mol. The second kappa shape index (κ2) is 9.23. The fraction of sp³-hybridized carbons (Fsp3) is 0.933. The van der Waals surface area contributed by atoms with Crippen LogP contribution in [0.25, 0.3) is 0 Å². The van der Waals surface area contributed by atoms with Crippen molar-refractivity contribution in [2.45, 2.75) is 25.9 Å². The van der Waals surface area contributed by atoms with Crippen LogP contribution in [0.1, 0.15) is 19.8 Å². The first kappa shape index (κ1) is 16.5. The summed E-state index contributed by atoms with van der Waals surface area (Å²) in [5.74, 6) is 1.46. The smallest absolute Gasteiger partial charge is 0.191 e. The minimum atomic E-state index is 0.342. The van der Waals surface area contributed by atoms with Gasteiger partial charge < -0.3 is 20.1 Å². The largest absolute Gasteiger partial charge is 0.379 e. The quantitative estimate of drug-likeness (QED) is 0.545. The lowest BCUT2D eigenvalue weighted by molar-refractivity contribution is 0.0320. The molecule has 0 amide bonds. The van der Waals surface area contributed by atoms with Crippen molar-refractivity contribution in [2.75, 3.05) is 59.6 Å². The number of guanidine groups is 1. The Labute approximate surface area is 128 Å². The summed E-state index contributed by atoms with van der Waals surface area (Å²) in [5, 5.41) is 6.76. The van der Waals surface area contributed by atoms with Gasteiger partial charge in [-0.25, -0.2) is 0 Å². The third kappa shape index (κ3) is 6.20. The molecule has 0 bridgehead atoms. The first-order chi connectivity index (χ1) is 10.3. The Morgan fingerprint density at radius 1 is 1.29 bits per heavy atom. The fourth-order valence-corrected chi connectivity index (χ4v) is 2.80. The van der Waals surface area contributed by atoms with Gasteiger partial charge >= 0.3 is 0 Å². The Bertz CT molecular complexity index is 313. The molecule has 0 saturated carbocycles. The topological polar surface area (TPSA) is 58.1 Å². The zero-order valence-corrected chi connectivity index (χ0v) is 13.4. The third-order valence-electron chi connectivity index (χ3n) is 4.04. The summed E-state index contributed by atoms with van der Waals surface area (Å²) < 4.78 is 11.0. The van der Waals surface area contributed by atoms with Crippen molar-refractivity contribution in [2.24, 2.45) is 10.9 Å². The van der Waals surface area contributed by atoms with Gasteiger partial charge in [0, 0.05) is 46.4 Å². The zero-order valence-electron chi connectivity index (χ0n) is 13.4. The summed E-state index contributed by atoms with van der Waals surface area (Å²) in [4.78, 5) is 6.74. The predicted octanol–water partition coefficient (Wildman–Crippen LogP) is 0.299. The van der Waals surface area contributed by atoms with Crippen molar-refractivity contribution >= 4 is 5.96 Å². The van der Waals surface area contributed by atoms with Crippen LogP contribution in [-0.2, 0) is 9.47 Å². The fourth-order valence-electron chi connectivity index (χ4n) is 2.80. The summed E-state index contributed by atoms with van der Waals surface area (Å²) in [7, 11) is 1.82. The monoisotopic (exact) mass is 298 g/mol. The Hall–Kier alpha value is -0.850. The maximum absolute atomic E-state index is 5.61. The van der Waals surface area contributed by atoms with Crippen LogP contribution in [0.15, 0.2) is 4.99 Å². The van der Waals surface area contributed by atoms with Gasteiger partial charge in [-0.3, -0.25) is 9.89 Å². The van der Waals surface area contributed by atoms with Gasteiger partial charge in [0.25, 0.3) is 0 Å². The van der Waals surface area contributed by atoms with Crippen molar-refractivity contribution in [3.05, 3.63) is 0 Å². The van der Waals surface area contributed by atoms with E-state index in [0.29, 0.717) is 12.0 Å². The van der Waals surface area contributed by atoms with E-state index in [9.17, 15) is 0 Å². The van der Waals surface area contributed by atoms with Gasteiger partial charge in [-0.1, -0.05) is 6.92 Å². The molecule has 0 aromatic carbocycles. The highest BCUT2D eigenvalue weighted by Gasteiger charge is 2.16. The van der Waals surface area contributed by atoms with Crippen LogP contribution < -0.4 is 10.6 Å². The Kier molecular flexibility index (Phi) is 7.26. The van der Waals surface area contributed by atoms with Crippen LogP contribution >= 0.6 is 0 Å². The summed E-state index contributed by atoms with van der Waals surface area (Å²) in [6.07, 6.45) is 2.67. The number of aliphatic imine (C=N–C) groups is 1. The van der Waals surface area contributed by atoms with Gasteiger partial charge in [-0.15, -0.1) is 0 Å². The van der Waals surface area contributed by atoms with E-state index >= 15 is 0 Å². The molecule has 6 heteroatoms. The molecule has 2 atom stereocenters. The molecule has 2 aliphatic heterocycles. The van der Waals surface area contributed by atoms with E-state index in [1.54, 1.807) is 0 Å². The van der Waals surface area contributed by atoms with E-state index in [2.05, 4.69) is 27.4 Å². The second-order valence-electron chi connectivity index (χ2n) is 5.99. The van der Waals surface area contributed by atoms with Crippen molar-refractivity contribution in [1.82, 2.24) is 15.5 Å². The summed E-state index contributed by atoms with van der Waals surface area (Å²) >= 11 is 0. The average Bonchev–Trinajstić information content (AvgIpc) is 3.02. The number of hydrogen-bond donors (Lipinski definition) is 2. The van der Waals surface area contributed by atoms with Crippen LogP contribution in [0.4, 0.5) is 0 Å². The van der Waals surface area contributed by atoms with Crippen LogP contribution in [-0.4, -0.2) is 76.6 Å². The molecule has 122 valence electrons. The summed E-state index contributed by atoms with van der Waals surface area (Å²) in [6, 6.07) is 0. The minimum absolute atomic E-state index is 0.342. The average molecular weight is 298 g/mol. The lowest BCUT2D eigenvalue weighted by Crippen LogP contribution is -2.45. The highest BCUT2D eigenvalue weighted by atomic mass is 16.5. The molecule has 2 rings (SSSR count). The molecule has 0 spiro atoms. The van der Waals surface area contributed by atoms with E-state index in [0.717, 1.165) is 64.9 Å². The van der Waals surface area contributed by atoms with Crippen molar-refractivity contribution in [1.29, 1.82) is 0 Å². The molecule has 0 radical (unpaired) electrons. The highest BCUT2D eigenvalue weighted by Crippen LogP contribution is 2.10. The number of morpholine rings is 1. The van der Waals surface area contributed by atoms with Crippen molar-refractivity contribution < 1.29 is 9.47 Å². The molecule has 0 aromatic heterocycles. The summed E-state index contributed by atoms with van der Waals surface area (Å²) in [5.41, 5.74) is 0. The van der Waals surface area contributed by atoms with Crippen LogP contribution in [0.5, 0.6) is 0 Å². The predicted molar refractivity (Wildman–Crippen MR) is 84.8 cm³/mol. The lowest BCUT2D eigenvalue weighted by atomic mass is 10.1. The van der Waals surface area contributed by atoms with Crippen LogP contribution in [0, 0.1) is 5.92 Å². The standard InChI is InChI=1S/C15H30N4O2/c1-13(12-19-5-8-20-9-6-19)10-17-15(16-2)18-11-14-4-3-7-21-14/h13-14H,3-12H2,1-2H3,(H2,16,17,18). The number of nitrogens with zero attached hydrogens (tertiary/aromatic N) is 2. The first-order valence-electron chi connectivity index (χ1n) is 8.14. The Morgan fingerprint density at radius 2 is 2.10 bits per heavy atom. The van der Waals surface area contributed by atoms with Gasteiger partial charge in [0.1, 0.15) is 0 Å². The number of nitrogens with one attached hydrogen (secondary N) is 2. The number of ether oxygens (including phenoxy) is 2. The molecule has 0 aliphatic carbocycles. The molecule has 2 aliphatic rings. The lowest BCUT2D eigenvalue weighted by Gasteiger charge is -2.29. The highest BCUT2D eigenvalue weighted by molar-refractivity contribution is 5.79. The van der Waals surface area contributed by atoms with Crippen LogP contribution in [0.2, 0.25) is 0 Å². The van der Waals surface area contributed by atoms with E-state index in [-0.39, 0.29) is 0 Å². The molecular formula is C15H30N4O2. The Morgan fingerprint density at radius 3 is 2.76 bits per heavy atom. The van der Waals surface area contributed by atoms with Gasteiger partial charge in [0.2, 0.25) is 0 Å².